The predicted octanol–water partition coefficient (Wildman–Crippen LogP) is 4.13. The van der Waals surface area contributed by atoms with Crippen molar-refractivity contribution in [3.8, 4) is 17.0 Å². The SMILES string of the molecule is COc1ccc(-c2nc3ccc(NCc4ccc(Cl)c(Cl)c4)nc3n(CCNC=O)c2=O)cc1. The number of carbonyl (C=O) groups excluding carboxylic acids is 1. The lowest BCUT2D eigenvalue weighted by molar-refractivity contribution is -0.109. The smallest absolute Gasteiger partial charge is 0.278 e. The molecule has 2 N–H and O–H groups in total. The predicted molar refractivity (Wildman–Crippen MR) is 134 cm³/mol. The van der Waals surface area contributed by atoms with E-state index in [2.05, 4.69) is 20.6 Å². The summed E-state index contributed by atoms with van der Waals surface area (Å²) in [6, 6.07) is 16.1. The second-order valence-corrected chi connectivity index (χ2v) is 8.17. The maximum atomic E-state index is 13.4. The van der Waals surface area contributed by atoms with Crippen LogP contribution in [0.15, 0.2) is 59.4 Å². The van der Waals surface area contributed by atoms with E-state index in [1.165, 1.54) is 4.57 Å². The third-order valence-corrected chi connectivity index (χ3v) is 5.91. The Morgan fingerprint density at radius 1 is 1.03 bits per heavy atom. The van der Waals surface area contributed by atoms with Gasteiger partial charge in [-0.3, -0.25) is 14.2 Å². The summed E-state index contributed by atoms with van der Waals surface area (Å²) in [7, 11) is 1.58. The van der Waals surface area contributed by atoms with Gasteiger partial charge in [0.1, 0.15) is 22.8 Å². The molecule has 10 heteroatoms. The van der Waals surface area contributed by atoms with Crippen molar-refractivity contribution in [3.63, 3.8) is 0 Å². The number of hydrogen-bond donors (Lipinski definition) is 2. The van der Waals surface area contributed by atoms with Gasteiger partial charge in [0.25, 0.3) is 5.56 Å². The number of benzene rings is 2. The van der Waals surface area contributed by atoms with E-state index in [9.17, 15) is 9.59 Å². The molecular formula is C24H21Cl2N5O3. The van der Waals surface area contributed by atoms with Crippen molar-refractivity contribution in [3.05, 3.63) is 80.6 Å². The Morgan fingerprint density at radius 2 is 1.82 bits per heavy atom. The number of pyridine rings is 1. The van der Waals surface area contributed by atoms with Crippen LogP contribution in [-0.2, 0) is 17.9 Å². The van der Waals surface area contributed by atoms with Crippen molar-refractivity contribution < 1.29 is 9.53 Å². The molecule has 174 valence electrons. The van der Waals surface area contributed by atoms with Crippen LogP contribution in [0.4, 0.5) is 5.82 Å². The van der Waals surface area contributed by atoms with Crippen LogP contribution >= 0.6 is 23.2 Å². The molecule has 2 heterocycles. The molecular weight excluding hydrogens is 477 g/mol. The third kappa shape index (κ3) is 5.13. The molecule has 8 nitrogen and oxygen atoms in total. The fourth-order valence-electron chi connectivity index (χ4n) is 3.44. The number of nitrogens with one attached hydrogen (secondary N) is 2. The number of hydrogen-bond acceptors (Lipinski definition) is 6. The first-order valence-corrected chi connectivity index (χ1v) is 11.2. The van der Waals surface area contributed by atoms with Gasteiger partial charge in [-0.2, -0.15) is 0 Å². The second kappa shape index (κ2) is 10.5. The number of methoxy groups -OCH3 is 1. The van der Waals surface area contributed by atoms with Crippen molar-refractivity contribution >= 4 is 46.6 Å². The standard InChI is InChI=1S/C24H21Cl2N5O3/c1-34-17-5-3-16(4-6-17)22-24(33)31(11-10-27-14-32)23-20(29-22)8-9-21(30-23)28-13-15-2-7-18(25)19(26)12-15/h2-9,12,14H,10-11,13H2,1H3,(H,27,32)(H,28,30). The van der Waals surface area contributed by atoms with E-state index < -0.39 is 0 Å². The van der Waals surface area contributed by atoms with Crippen molar-refractivity contribution in [2.75, 3.05) is 19.0 Å². The number of amides is 1. The van der Waals surface area contributed by atoms with E-state index in [4.69, 9.17) is 27.9 Å². The summed E-state index contributed by atoms with van der Waals surface area (Å²) in [6.07, 6.45) is 0.594. The molecule has 34 heavy (non-hydrogen) atoms. The molecule has 0 unspecified atom stereocenters. The number of fused-ring (bicyclic) bond motifs is 1. The number of carbonyl (C=O) groups is 1. The van der Waals surface area contributed by atoms with Gasteiger partial charge in [-0.15, -0.1) is 0 Å². The van der Waals surface area contributed by atoms with Gasteiger partial charge >= 0.3 is 0 Å². The maximum absolute atomic E-state index is 13.4. The zero-order chi connectivity index (χ0) is 24.1. The van der Waals surface area contributed by atoms with Crippen molar-refractivity contribution in [2.24, 2.45) is 0 Å². The Hall–Kier alpha value is -3.62. The minimum absolute atomic E-state index is 0.239. The van der Waals surface area contributed by atoms with Crippen LogP contribution in [0.5, 0.6) is 5.75 Å². The highest BCUT2D eigenvalue weighted by molar-refractivity contribution is 6.42. The Balaban J connectivity index is 1.71. The molecule has 2 aromatic heterocycles. The van der Waals surface area contributed by atoms with Crippen LogP contribution in [0, 0.1) is 0 Å². The highest BCUT2D eigenvalue weighted by Crippen LogP contribution is 2.24. The van der Waals surface area contributed by atoms with Crippen LogP contribution < -0.4 is 20.9 Å². The zero-order valence-electron chi connectivity index (χ0n) is 18.2. The summed E-state index contributed by atoms with van der Waals surface area (Å²) in [5, 5.41) is 6.78. The molecule has 2 aromatic carbocycles. The summed E-state index contributed by atoms with van der Waals surface area (Å²) in [5.74, 6) is 1.24. The molecule has 0 radical (unpaired) electrons. The van der Waals surface area contributed by atoms with E-state index in [0.717, 1.165) is 5.56 Å². The molecule has 0 atom stereocenters. The molecule has 0 saturated carbocycles. The Bertz CT molecular complexity index is 1390. The molecule has 0 spiro atoms. The fourth-order valence-corrected chi connectivity index (χ4v) is 3.76. The van der Waals surface area contributed by atoms with Crippen molar-refractivity contribution in [2.45, 2.75) is 13.1 Å². The maximum Gasteiger partial charge on any atom is 0.278 e. The van der Waals surface area contributed by atoms with Crippen LogP contribution in [0.25, 0.3) is 22.4 Å². The van der Waals surface area contributed by atoms with Crippen LogP contribution in [-0.4, -0.2) is 34.6 Å². The van der Waals surface area contributed by atoms with Crippen molar-refractivity contribution in [1.29, 1.82) is 0 Å². The van der Waals surface area contributed by atoms with Gasteiger partial charge in [-0.05, 0) is 54.1 Å². The average Bonchev–Trinajstić information content (AvgIpc) is 2.86. The molecule has 0 aliphatic heterocycles. The number of aromatic nitrogens is 3. The van der Waals surface area contributed by atoms with Gasteiger partial charge in [0.15, 0.2) is 5.65 Å². The molecule has 0 bridgehead atoms. The first-order valence-electron chi connectivity index (χ1n) is 10.4. The van der Waals surface area contributed by atoms with Gasteiger partial charge in [-0.25, -0.2) is 9.97 Å². The zero-order valence-corrected chi connectivity index (χ0v) is 19.7. The normalized spacial score (nSPS) is 10.8. The molecule has 0 aliphatic rings. The molecule has 1 amide bonds. The van der Waals surface area contributed by atoms with E-state index in [1.807, 2.05) is 6.07 Å². The molecule has 0 fully saturated rings. The summed E-state index contributed by atoms with van der Waals surface area (Å²) in [4.78, 5) is 33.3. The number of nitrogens with zero attached hydrogens (tertiary/aromatic N) is 3. The highest BCUT2D eigenvalue weighted by atomic mass is 35.5. The topological polar surface area (TPSA) is 98.1 Å². The fraction of sp³-hybridized carbons (Fsp3) is 0.167. The summed E-state index contributed by atoms with van der Waals surface area (Å²) >= 11 is 12.1. The van der Waals surface area contributed by atoms with Crippen LogP contribution in [0.3, 0.4) is 0 Å². The molecule has 0 aliphatic carbocycles. The Labute approximate surface area is 205 Å². The lowest BCUT2D eigenvalue weighted by atomic mass is 10.1. The number of anilines is 1. The lowest BCUT2D eigenvalue weighted by Gasteiger charge is -2.13. The quantitative estimate of drug-likeness (QED) is 0.266. The molecule has 4 rings (SSSR count). The lowest BCUT2D eigenvalue weighted by Crippen LogP contribution is -2.29. The van der Waals surface area contributed by atoms with Gasteiger partial charge in [0.05, 0.1) is 17.2 Å². The Kier molecular flexibility index (Phi) is 7.30. The van der Waals surface area contributed by atoms with Gasteiger partial charge in [-0.1, -0.05) is 29.3 Å². The van der Waals surface area contributed by atoms with Gasteiger partial charge in [0.2, 0.25) is 6.41 Å². The van der Waals surface area contributed by atoms with Crippen molar-refractivity contribution in [1.82, 2.24) is 19.9 Å². The molecule has 4 aromatic rings. The Morgan fingerprint density at radius 3 is 2.53 bits per heavy atom. The summed E-state index contributed by atoms with van der Waals surface area (Å²) < 4.78 is 6.72. The average molecular weight is 498 g/mol. The number of rotatable bonds is 9. The van der Waals surface area contributed by atoms with Gasteiger partial charge < -0.3 is 15.4 Å². The van der Waals surface area contributed by atoms with E-state index >= 15 is 0 Å². The minimum Gasteiger partial charge on any atom is -0.497 e. The van der Waals surface area contributed by atoms with Gasteiger partial charge in [0, 0.05) is 25.2 Å². The third-order valence-electron chi connectivity index (χ3n) is 5.17. The number of halogens is 2. The summed E-state index contributed by atoms with van der Waals surface area (Å²) in [5.41, 5.74) is 2.54. The van der Waals surface area contributed by atoms with Crippen LogP contribution in [0.2, 0.25) is 10.0 Å². The summed E-state index contributed by atoms with van der Waals surface area (Å²) in [6.45, 7) is 0.972. The van der Waals surface area contributed by atoms with E-state index in [1.54, 1.807) is 55.6 Å². The number of ether oxygens (including phenoxy) is 1. The van der Waals surface area contributed by atoms with E-state index in [-0.39, 0.29) is 18.6 Å². The first kappa shape index (κ1) is 23.5. The largest absolute Gasteiger partial charge is 0.497 e. The van der Waals surface area contributed by atoms with E-state index in [0.29, 0.717) is 57.0 Å². The molecule has 0 saturated heterocycles. The first-order chi connectivity index (χ1) is 16.5. The van der Waals surface area contributed by atoms with Crippen LogP contribution in [0.1, 0.15) is 5.56 Å². The highest BCUT2D eigenvalue weighted by Gasteiger charge is 2.15. The second-order valence-electron chi connectivity index (χ2n) is 7.36. The minimum atomic E-state index is -0.306. The monoisotopic (exact) mass is 497 g/mol.